The number of amides is 1. The summed E-state index contributed by atoms with van der Waals surface area (Å²) in [7, 11) is 0. The van der Waals surface area contributed by atoms with E-state index < -0.39 is 0 Å². The number of rotatable bonds is 5. The van der Waals surface area contributed by atoms with Gasteiger partial charge in [-0.2, -0.15) is 0 Å². The van der Waals surface area contributed by atoms with Crippen molar-refractivity contribution in [2.75, 3.05) is 0 Å². The van der Waals surface area contributed by atoms with Crippen LogP contribution in [0, 0.1) is 19.7 Å². The highest BCUT2D eigenvalue weighted by molar-refractivity contribution is 5.76. The second-order valence-electron chi connectivity index (χ2n) is 4.71. The van der Waals surface area contributed by atoms with Gasteiger partial charge in [-0.3, -0.25) is 4.79 Å². The first-order valence-corrected chi connectivity index (χ1v) is 6.49. The fourth-order valence-electron chi connectivity index (χ4n) is 1.99. The molecule has 20 heavy (non-hydrogen) atoms. The number of aryl methyl sites for hydroxylation is 2. The number of hydrogen-bond donors (Lipinski definition) is 1. The second-order valence-corrected chi connectivity index (χ2v) is 4.71. The van der Waals surface area contributed by atoms with Crippen molar-refractivity contribution in [2.24, 2.45) is 0 Å². The van der Waals surface area contributed by atoms with Crippen LogP contribution in [0.25, 0.3) is 0 Å². The molecule has 5 heteroatoms. The standard InChI is InChI=1S/C15H17FN2O2/c1-10-14(11(2)20-18-10)7-8-15(19)17-9-12-3-5-13(16)6-4-12/h3-6H,7-9H2,1-2H3,(H,17,19). The molecule has 0 aliphatic rings. The number of halogens is 1. The van der Waals surface area contributed by atoms with Gasteiger partial charge in [0.2, 0.25) is 5.91 Å². The van der Waals surface area contributed by atoms with E-state index in [1.165, 1.54) is 12.1 Å². The van der Waals surface area contributed by atoms with Gasteiger partial charge in [0.15, 0.2) is 0 Å². The molecule has 106 valence electrons. The van der Waals surface area contributed by atoms with E-state index in [-0.39, 0.29) is 11.7 Å². The van der Waals surface area contributed by atoms with Gasteiger partial charge in [-0.15, -0.1) is 0 Å². The lowest BCUT2D eigenvalue weighted by Gasteiger charge is -2.05. The smallest absolute Gasteiger partial charge is 0.220 e. The molecule has 2 aromatic rings. The lowest BCUT2D eigenvalue weighted by Crippen LogP contribution is -2.23. The largest absolute Gasteiger partial charge is 0.361 e. The van der Waals surface area contributed by atoms with Crippen molar-refractivity contribution < 1.29 is 13.7 Å². The van der Waals surface area contributed by atoms with Crippen LogP contribution in [0.4, 0.5) is 4.39 Å². The molecule has 1 aromatic heterocycles. The van der Waals surface area contributed by atoms with E-state index in [0.717, 1.165) is 22.6 Å². The molecule has 0 aliphatic carbocycles. The van der Waals surface area contributed by atoms with Gasteiger partial charge in [-0.1, -0.05) is 17.3 Å². The molecule has 1 amide bonds. The first kappa shape index (κ1) is 14.2. The average Bonchev–Trinajstić information content (AvgIpc) is 2.75. The number of nitrogens with one attached hydrogen (secondary N) is 1. The Morgan fingerprint density at radius 3 is 2.60 bits per heavy atom. The van der Waals surface area contributed by atoms with Gasteiger partial charge in [0, 0.05) is 18.5 Å². The molecule has 4 nitrogen and oxygen atoms in total. The van der Waals surface area contributed by atoms with E-state index in [9.17, 15) is 9.18 Å². The zero-order valence-electron chi connectivity index (χ0n) is 11.6. The highest BCUT2D eigenvalue weighted by atomic mass is 19.1. The maximum Gasteiger partial charge on any atom is 0.220 e. The highest BCUT2D eigenvalue weighted by Gasteiger charge is 2.10. The summed E-state index contributed by atoms with van der Waals surface area (Å²) in [5.74, 6) is 0.432. The lowest BCUT2D eigenvalue weighted by molar-refractivity contribution is -0.121. The third-order valence-electron chi connectivity index (χ3n) is 3.19. The normalized spacial score (nSPS) is 10.6. The number of carbonyl (C=O) groups is 1. The summed E-state index contributed by atoms with van der Waals surface area (Å²) >= 11 is 0. The average molecular weight is 276 g/mol. The van der Waals surface area contributed by atoms with Gasteiger partial charge in [-0.05, 0) is 38.0 Å². The molecule has 0 bridgehead atoms. The van der Waals surface area contributed by atoms with Crippen LogP contribution in [-0.2, 0) is 17.8 Å². The Morgan fingerprint density at radius 1 is 1.30 bits per heavy atom. The molecule has 1 N–H and O–H groups in total. The molecular formula is C15H17FN2O2. The SMILES string of the molecule is Cc1noc(C)c1CCC(=O)NCc1ccc(F)cc1. The van der Waals surface area contributed by atoms with Crippen LogP contribution in [0.15, 0.2) is 28.8 Å². The van der Waals surface area contributed by atoms with Crippen molar-refractivity contribution in [3.05, 3.63) is 52.7 Å². The van der Waals surface area contributed by atoms with Gasteiger partial charge in [0.05, 0.1) is 5.69 Å². The summed E-state index contributed by atoms with van der Waals surface area (Å²) in [6.07, 6.45) is 0.987. The fourth-order valence-corrected chi connectivity index (χ4v) is 1.99. The number of nitrogens with zero attached hydrogens (tertiary/aromatic N) is 1. The van der Waals surface area contributed by atoms with Gasteiger partial charge < -0.3 is 9.84 Å². The van der Waals surface area contributed by atoms with E-state index in [1.54, 1.807) is 12.1 Å². The van der Waals surface area contributed by atoms with E-state index in [0.29, 0.717) is 19.4 Å². The van der Waals surface area contributed by atoms with Crippen molar-refractivity contribution in [1.82, 2.24) is 10.5 Å². The predicted octanol–water partition coefficient (Wildman–Crippen LogP) is 2.68. The van der Waals surface area contributed by atoms with Gasteiger partial charge >= 0.3 is 0 Å². The van der Waals surface area contributed by atoms with Crippen LogP contribution >= 0.6 is 0 Å². The molecule has 0 aliphatic heterocycles. The molecule has 2 rings (SSSR count). The van der Waals surface area contributed by atoms with E-state index in [4.69, 9.17) is 4.52 Å². The maximum absolute atomic E-state index is 12.7. The van der Waals surface area contributed by atoms with Crippen molar-refractivity contribution in [3.8, 4) is 0 Å². The van der Waals surface area contributed by atoms with Crippen LogP contribution in [0.2, 0.25) is 0 Å². The molecule has 1 aromatic carbocycles. The quantitative estimate of drug-likeness (QED) is 0.913. The number of hydrogen-bond acceptors (Lipinski definition) is 3. The molecule has 0 radical (unpaired) electrons. The molecule has 0 saturated heterocycles. The Bertz CT molecular complexity index is 571. The van der Waals surface area contributed by atoms with Crippen molar-refractivity contribution in [2.45, 2.75) is 33.2 Å². The molecule has 0 unspecified atom stereocenters. The topological polar surface area (TPSA) is 55.1 Å². The fraction of sp³-hybridized carbons (Fsp3) is 0.333. The minimum atomic E-state index is -0.279. The Balaban J connectivity index is 1.80. The van der Waals surface area contributed by atoms with Crippen molar-refractivity contribution in [1.29, 1.82) is 0 Å². The van der Waals surface area contributed by atoms with Gasteiger partial charge in [0.25, 0.3) is 0 Å². The summed E-state index contributed by atoms with van der Waals surface area (Å²) in [4.78, 5) is 11.8. The van der Waals surface area contributed by atoms with Gasteiger partial charge in [-0.25, -0.2) is 4.39 Å². The van der Waals surface area contributed by atoms with Crippen LogP contribution < -0.4 is 5.32 Å². The van der Waals surface area contributed by atoms with E-state index >= 15 is 0 Å². The second kappa shape index (κ2) is 6.32. The predicted molar refractivity (Wildman–Crippen MR) is 72.5 cm³/mol. The van der Waals surface area contributed by atoms with Gasteiger partial charge in [0.1, 0.15) is 11.6 Å². The van der Waals surface area contributed by atoms with Crippen molar-refractivity contribution in [3.63, 3.8) is 0 Å². The zero-order valence-corrected chi connectivity index (χ0v) is 11.6. The van der Waals surface area contributed by atoms with Crippen molar-refractivity contribution >= 4 is 5.91 Å². The summed E-state index contributed by atoms with van der Waals surface area (Å²) in [5, 5.41) is 6.66. The monoisotopic (exact) mass is 276 g/mol. The molecular weight excluding hydrogens is 259 g/mol. The Labute approximate surface area is 117 Å². The first-order valence-electron chi connectivity index (χ1n) is 6.49. The van der Waals surface area contributed by atoms with E-state index in [1.807, 2.05) is 13.8 Å². The summed E-state index contributed by atoms with van der Waals surface area (Å²) < 4.78 is 17.8. The van der Waals surface area contributed by atoms with Crippen LogP contribution in [-0.4, -0.2) is 11.1 Å². The van der Waals surface area contributed by atoms with Crippen LogP contribution in [0.3, 0.4) is 0 Å². The minimum absolute atomic E-state index is 0.0469. The summed E-state index contributed by atoms with van der Waals surface area (Å²) in [5.41, 5.74) is 2.69. The molecule has 0 atom stereocenters. The first-order chi connectivity index (χ1) is 9.56. The number of carbonyl (C=O) groups excluding carboxylic acids is 1. The molecule has 0 fully saturated rings. The third kappa shape index (κ3) is 3.66. The molecule has 0 saturated carbocycles. The zero-order chi connectivity index (χ0) is 14.5. The Morgan fingerprint density at radius 2 is 2.00 bits per heavy atom. The summed E-state index contributed by atoms with van der Waals surface area (Å²) in [6.45, 7) is 4.11. The number of benzene rings is 1. The summed E-state index contributed by atoms with van der Waals surface area (Å²) in [6, 6.07) is 6.07. The van der Waals surface area contributed by atoms with Crippen LogP contribution in [0.5, 0.6) is 0 Å². The minimum Gasteiger partial charge on any atom is -0.361 e. The Kier molecular flexibility index (Phi) is 4.50. The molecule has 0 spiro atoms. The van der Waals surface area contributed by atoms with Crippen LogP contribution in [0.1, 0.15) is 29.0 Å². The molecule has 1 heterocycles. The van der Waals surface area contributed by atoms with E-state index in [2.05, 4.69) is 10.5 Å². The number of aromatic nitrogens is 1. The maximum atomic E-state index is 12.7. The lowest BCUT2D eigenvalue weighted by atomic mass is 10.1. The third-order valence-corrected chi connectivity index (χ3v) is 3.19. The Hall–Kier alpha value is -2.17. The highest BCUT2D eigenvalue weighted by Crippen LogP contribution is 2.14.